The Bertz CT molecular complexity index is 180. The van der Waals surface area contributed by atoms with Crippen LogP contribution < -0.4 is 0 Å². The minimum Gasteiger partial charge on any atom is -0.393 e. The number of hydrogen-bond acceptors (Lipinski definition) is 3. The summed E-state index contributed by atoms with van der Waals surface area (Å²) in [6.45, 7) is 1.84. The second-order valence-corrected chi connectivity index (χ2v) is 4.80. The number of unbranched alkanes of at least 4 members (excludes halogenated alkanes) is 5. The molecule has 0 aliphatic carbocycles. The first-order valence-corrected chi connectivity index (χ1v) is 7.01. The second kappa shape index (κ2) is 12.1. The molecule has 0 aromatic rings. The third kappa shape index (κ3) is 11.8. The lowest BCUT2D eigenvalue weighted by molar-refractivity contribution is -0.121. The molecule has 0 aromatic heterocycles. The number of hydrogen-bond donors (Lipinski definition) is 2. The average Bonchev–Trinajstić information content (AvgIpc) is 2.33. The number of Topliss-reactive ketones (excluding diaryl/α,β-unsaturated/α-hetero) is 1. The first-order chi connectivity index (χ1) is 8.20. The Balaban J connectivity index is 3.18. The number of carbonyl (C=O) groups excluding carboxylic acids is 1. The summed E-state index contributed by atoms with van der Waals surface area (Å²) in [6, 6.07) is 0. The summed E-state index contributed by atoms with van der Waals surface area (Å²) in [5.41, 5.74) is 0. The molecule has 0 fully saturated rings. The fourth-order valence-corrected chi connectivity index (χ4v) is 1.91. The Labute approximate surface area is 105 Å². The molecule has 0 saturated heterocycles. The van der Waals surface area contributed by atoms with E-state index >= 15 is 0 Å². The Morgan fingerprint density at radius 3 is 2.18 bits per heavy atom. The highest BCUT2D eigenvalue weighted by Gasteiger charge is 2.03. The van der Waals surface area contributed by atoms with Crippen LogP contribution >= 0.6 is 0 Å². The van der Waals surface area contributed by atoms with E-state index in [1.54, 1.807) is 0 Å². The van der Waals surface area contributed by atoms with Crippen LogP contribution in [0.2, 0.25) is 0 Å². The van der Waals surface area contributed by atoms with Crippen LogP contribution in [0.4, 0.5) is 0 Å². The molecule has 0 radical (unpaired) electrons. The Hall–Kier alpha value is -0.410. The highest BCUT2D eigenvalue weighted by atomic mass is 16.3. The van der Waals surface area contributed by atoms with Crippen molar-refractivity contribution in [3.8, 4) is 0 Å². The summed E-state index contributed by atoms with van der Waals surface area (Å²) >= 11 is 0. The van der Waals surface area contributed by atoms with Crippen LogP contribution in [0.5, 0.6) is 0 Å². The molecule has 17 heavy (non-hydrogen) atoms. The van der Waals surface area contributed by atoms with Crippen LogP contribution in [0.15, 0.2) is 0 Å². The van der Waals surface area contributed by atoms with Gasteiger partial charge in [0.2, 0.25) is 0 Å². The van der Waals surface area contributed by atoms with Gasteiger partial charge in [0, 0.05) is 6.42 Å². The van der Waals surface area contributed by atoms with E-state index in [9.17, 15) is 9.90 Å². The lowest BCUT2D eigenvalue weighted by atomic mass is 10.0. The van der Waals surface area contributed by atoms with Gasteiger partial charge in [-0.15, -0.1) is 0 Å². The molecular weight excluding hydrogens is 216 g/mol. The minimum absolute atomic E-state index is 0.0652. The third-order valence-corrected chi connectivity index (χ3v) is 3.06. The highest BCUT2D eigenvalue weighted by Crippen LogP contribution is 2.12. The van der Waals surface area contributed by atoms with Crippen molar-refractivity contribution < 1.29 is 15.0 Å². The predicted octanol–water partition coefficient (Wildman–Crippen LogP) is 2.83. The zero-order chi connectivity index (χ0) is 12.9. The van der Waals surface area contributed by atoms with Gasteiger partial charge in [0.05, 0.1) is 6.10 Å². The van der Waals surface area contributed by atoms with Gasteiger partial charge in [-0.3, -0.25) is 4.79 Å². The quantitative estimate of drug-likeness (QED) is 0.519. The maximum absolute atomic E-state index is 10.8. The van der Waals surface area contributed by atoms with Crippen LogP contribution in [0.1, 0.15) is 71.1 Å². The average molecular weight is 244 g/mol. The smallest absolute Gasteiger partial charge is 0.158 e. The molecule has 0 aliphatic rings. The van der Waals surface area contributed by atoms with Crippen LogP contribution in [-0.4, -0.2) is 28.7 Å². The molecule has 102 valence electrons. The van der Waals surface area contributed by atoms with Crippen molar-refractivity contribution in [3.63, 3.8) is 0 Å². The molecule has 0 aliphatic heterocycles. The van der Waals surface area contributed by atoms with Crippen molar-refractivity contribution in [2.75, 3.05) is 6.61 Å². The summed E-state index contributed by atoms with van der Waals surface area (Å²) in [5.74, 6) is -0.0652. The molecule has 1 atom stereocenters. The summed E-state index contributed by atoms with van der Waals surface area (Å²) < 4.78 is 0. The Kier molecular flexibility index (Phi) is 11.8. The van der Waals surface area contributed by atoms with Gasteiger partial charge in [-0.2, -0.15) is 0 Å². The van der Waals surface area contributed by atoms with Gasteiger partial charge >= 0.3 is 0 Å². The van der Waals surface area contributed by atoms with Crippen LogP contribution in [0.3, 0.4) is 0 Å². The maximum atomic E-state index is 10.8. The molecule has 0 saturated carbocycles. The van der Waals surface area contributed by atoms with Gasteiger partial charge in [0.25, 0.3) is 0 Å². The second-order valence-electron chi connectivity index (χ2n) is 4.80. The molecule has 2 N–H and O–H groups in total. The standard InChI is InChI=1S/C14H28O3/c1-2-3-6-9-13(16)10-7-4-5-8-11-14(17)12-15/h13,15-16H,2-12H2,1H3. The molecule has 3 nitrogen and oxygen atoms in total. The van der Waals surface area contributed by atoms with E-state index in [0.717, 1.165) is 44.9 Å². The van der Waals surface area contributed by atoms with E-state index < -0.39 is 0 Å². The van der Waals surface area contributed by atoms with Gasteiger partial charge in [0.1, 0.15) is 6.61 Å². The zero-order valence-electron chi connectivity index (χ0n) is 11.2. The van der Waals surface area contributed by atoms with E-state index in [-0.39, 0.29) is 18.5 Å². The number of ketones is 1. The van der Waals surface area contributed by atoms with Crippen LogP contribution in [0, 0.1) is 0 Å². The summed E-state index contributed by atoms with van der Waals surface area (Å²) in [4.78, 5) is 10.8. The number of carbonyl (C=O) groups is 1. The monoisotopic (exact) mass is 244 g/mol. The highest BCUT2D eigenvalue weighted by molar-refractivity contribution is 5.79. The lowest BCUT2D eigenvalue weighted by Gasteiger charge is -2.09. The Morgan fingerprint density at radius 2 is 1.59 bits per heavy atom. The number of rotatable bonds is 12. The fourth-order valence-electron chi connectivity index (χ4n) is 1.91. The van der Waals surface area contributed by atoms with Gasteiger partial charge in [-0.1, -0.05) is 45.4 Å². The molecule has 0 amide bonds. The summed E-state index contributed by atoms with van der Waals surface area (Å²) in [7, 11) is 0. The van der Waals surface area contributed by atoms with Crippen molar-refractivity contribution in [2.45, 2.75) is 77.2 Å². The minimum atomic E-state index is -0.323. The van der Waals surface area contributed by atoms with Gasteiger partial charge in [-0.25, -0.2) is 0 Å². The maximum Gasteiger partial charge on any atom is 0.158 e. The molecule has 0 heterocycles. The van der Waals surface area contributed by atoms with Crippen molar-refractivity contribution >= 4 is 5.78 Å². The van der Waals surface area contributed by atoms with E-state index in [2.05, 4.69) is 6.92 Å². The first kappa shape index (κ1) is 16.6. The molecular formula is C14H28O3. The Morgan fingerprint density at radius 1 is 1.00 bits per heavy atom. The number of aliphatic hydroxyl groups excluding tert-OH is 2. The molecule has 0 aromatic carbocycles. The normalized spacial score (nSPS) is 12.6. The molecule has 1 unspecified atom stereocenters. The third-order valence-electron chi connectivity index (χ3n) is 3.06. The zero-order valence-corrected chi connectivity index (χ0v) is 11.2. The van der Waals surface area contributed by atoms with Crippen LogP contribution in [-0.2, 0) is 4.79 Å². The predicted molar refractivity (Wildman–Crippen MR) is 69.9 cm³/mol. The number of aliphatic hydroxyl groups is 2. The van der Waals surface area contributed by atoms with Gasteiger partial charge < -0.3 is 10.2 Å². The lowest BCUT2D eigenvalue weighted by Crippen LogP contribution is -2.06. The SMILES string of the molecule is CCCCCC(O)CCCCCCC(=O)CO. The van der Waals surface area contributed by atoms with Crippen molar-refractivity contribution in [3.05, 3.63) is 0 Å². The summed E-state index contributed by atoms with van der Waals surface area (Å²) in [5, 5.41) is 18.2. The van der Waals surface area contributed by atoms with Crippen molar-refractivity contribution in [1.29, 1.82) is 0 Å². The fraction of sp³-hybridized carbons (Fsp3) is 0.929. The van der Waals surface area contributed by atoms with Gasteiger partial charge in [0.15, 0.2) is 5.78 Å². The molecule has 3 heteroatoms. The van der Waals surface area contributed by atoms with E-state index in [1.807, 2.05) is 0 Å². The van der Waals surface area contributed by atoms with Gasteiger partial charge in [-0.05, 0) is 19.3 Å². The molecule has 0 spiro atoms. The van der Waals surface area contributed by atoms with E-state index in [1.165, 1.54) is 12.8 Å². The molecule has 0 bridgehead atoms. The topological polar surface area (TPSA) is 57.5 Å². The first-order valence-electron chi connectivity index (χ1n) is 7.01. The summed E-state index contributed by atoms with van der Waals surface area (Å²) in [6.07, 6.45) is 9.71. The van der Waals surface area contributed by atoms with Crippen molar-refractivity contribution in [1.82, 2.24) is 0 Å². The molecule has 0 rings (SSSR count). The van der Waals surface area contributed by atoms with Crippen molar-refractivity contribution in [2.24, 2.45) is 0 Å². The van der Waals surface area contributed by atoms with E-state index in [0.29, 0.717) is 6.42 Å². The largest absolute Gasteiger partial charge is 0.393 e. The van der Waals surface area contributed by atoms with E-state index in [4.69, 9.17) is 5.11 Å². The van der Waals surface area contributed by atoms with Crippen LogP contribution in [0.25, 0.3) is 0 Å².